The van der Waals surface area contributed by atoms with Crippen molar-refractivity contribution in [3.63, 3.8) is 0 Å². The molecule has 1 aromatic rings. The fourth-order valence-electron chi connectivity index (χ4n) is 2.42. The third-order valence-corrected chi connectivity index (χ3v) is 3.87. The lowest BCUT2D eigenvalue weighted by Crippen LogP contribution is -2.42. The minimum Gasteiger partial charge on any atom is -0.380 e. The molecule has 0 aromatic heterocycles. The van der Waals surface area contributed by atoms with E-state index in [9.17, 15) is 0 Å². The Morgan fingerprint density at radius 1 is 1.25 bits per heavy atom. The number of guanidine groups is 1. The molecule has 0 amide bonds. The van der Waals surface area contributed by atoms with Crippen molar-refractivity contribution in [1.29, 1.82) is 0 Å². The minimum absolute atomic E-state index is 0.644. The van der Waals surface area contributed by atoms with E-state index >= 15 is 0 Å². The highest BCUT2D eigenvalue weighted by Crippen LogP contribution is 2.15. The third kappa shape index (κ3) is 4.23. The maximum absolute atomic E-state index is 6.08. The van der Waals surface area contributed by atoms with Crippen molar-refractivity contribution in [2.75, 3.05) is 20.2 Å². The summed E-state index contributed by atoms with van der Waals surface area (Å²) in [6.07, 6.45) is 2.42. The zero-order valence-corrected chi connectivity index (χ0v) is 12.5. The second kappa shape index (κ2) is 7.29. The lowest BCUT2D eigenvalue weighted by molar-refractivity contribution is 0.185. The van der Waals surface area contributed by atoms with Crippen molar-refractivity contribution >= 4 is 5.96 Å². The summed E-state index contributed by atoms with van der Waals surface area (Å²) in [5.74, 6) is 1.49. The molecule has 0 radical (unpaired) electrons. The number of rotatable bonds is 4. The van der Waals surface area contributed by atoms with Crippen LogP contribution in [-0.4, -0.2) is 31.1 Å². The van der Waals surface area contributed by atoms with Gasteiger partial charge in [0.1, 0.15) is 0 Å². The lowest BCUT2D eigenvalue weighted by Gasteiger charge is -2.31. The molecule has 1 heterocycles. The van der Waals surface area contributed by atoms with Crippen molar-refractivity contribution in [3.8, 4) is 0 Å². The van der Waals surface area contributed by atoms with Crippen LogP contribution in [0.4, 0.5) is 0 Å². The van der Waals surface area contributed by atoms with Crippen LogP contribution < -0.4 is 5.73 Å². The highest BCUT2D eigenvalue weighted by molar-refractivity contribution is 5.78. The summed E-state index contributed by atoms with van der Waals surface area (Å²) < 4.78 is 5.10. The Bertz CT molecular complexity index is 434. The predicted octanol–water partition coefficient (Wildman–Crippen LogP) is 2.38. The van der Waals surface area contributed by atoms with Crippen molar-refractivity contribution in [2.45, 2.75) is 32.9 Å². The Morgan fingerprint density at radius 3 is 2.45 bits per heavy atom. The predicted molar refractivity (Wildman–Crippen MR) is 82.5 cm³/mol. The first-order valence-electron chi connectivity index (χ1n) is 7.30. The van der Waals surface area contributed by atoms with E-state index in [0.717, 1.165) is 19.0 Å². The maximum atomic E-state index is 6.08. The molecule has 0 atom stereocenters. The summed E-state index contributed by atoms with van der Waals surface area (Å²) in [6, 6.07) is 8.33. The van der Waals surface area contributed by atoms with E-state index in [1.54, 1.807) is 7.11 Å². The first-order chi connectivity index (χ1) is 9.69. The van der Waals surface area contributed by atoms with Gasteiger partial charge in [0.15, 0.2) is 5.96 Å². The number of likely N-dealkylation sites (tertiary alicyclic amines) is 1. The zero-order chi connectivity index (χ0) is 14.4. The number of hydrogen-bond donors (Lipinski definition) is 1. The van der Waals surface area contributed by atoms with Crippen LogP contribution in [0.15, 0.2) is 29.3 Å². The molecule has 4 nitrogen and oxygen atoms in total. The van der Waals surface area contributed by atoms with Gasteiger partial charge in [0, 0.05) is 20.2 Å². The second-order valence-corrected chi connectivity index (χ2v) is 5.59. The molecule has 2 N–H and O–H groups in total. The molecule has 1 saturated heterocycles. The van der Waals surface area contributed by atoms with Gasteiger partial charge in [-0.05, 0) is 29.9 Å². The maximum Gasteiger partial charge on any atom is 0.191 e. The SMILES string of the molecule is COCc1ccc(CN=C(N)N2CCC(C)CC2)cc1. The summed E-state index contributed by atoms with van der Waals surface area (Å²) in [5, 5.41) is 0. The zero-order valence-electron chi connectivity index (χ0n) is 12.5. The monoisotopic (exact) mass is 275 g/mol. The number of nitrogens with zero attached hydrogens (tertiary/aromatic N) is 2. The number of ether oxygens (including phenoxy) is 1. The van der Waals surface area contributed by atoms with Gasteiger partial charge in [0.05, 0.1) is 13.2 Å². The molecule has 0 saturated carbocycles. The van der Waals surface area contributed by atoms with Gasteiger partial charge in [-0.15, -0.1) is 0 Å². The summed E-state index contributed by atoms with van der Waals surface area (Å²) >= 11 is 0. The van der Waals surface area contributed by atoms with Crippen molar-refractivity contribution in [1.82, 2.24) is 4.90 Å². The first kappa shape index (κ1) is 14.9. The number of piperidine rings is 1. The standard InChI is InChI=1S/C16H25N3O/c1-13-7-9-19(10-8-13)16(17)18-11-14-3-5-15(6-4-14)12-20-2/h3-6,13H,7-12H2,1-2H3,(H2,17,18). The summed E-state index contributed by atoms with van der Waals surface area (Å²) in [4.78, 5) is 6.70. The van der Waals surface area contributed by atoms with E-state index in [0.29, 0.717) is 19.1 Å². The van der Waals surface area contributed by atoms with Gasteiger partial charge in [-0.25, -0.2) is 4.99 Å². The fraction of sp³-hybridized carbons (Fsp3) is 0.562. The Labute approximate surface area is 121 Å². The molecule has 0 spiro atoms. The first-order valence-corrected chi connectivity index (χ1v) is 7.30. The second-order valence-electron chi connectivity index (χ2n) is 5.59. The molecule has 0 bridgehead atoms. The highest BCUT2D eigenvalue weighted by Gasteiger charge is 2.16. The van der Waals surface area contributed by atoms with E-state index in [-0.39, 0.29) is 0 Å². The molecule has 110 valence electrons. The lowest BCUT2D eigenvalue weighted by atomic mass is 10.00. The Hall–Kier alpha value is -1.55. The normalized spacial score (nSPS) is 17.5. The molecule has 1 aromatic carbocycles. The molecule has 1 aliphatic rings. The van der Waals surface area contributed by atoms with Crippen LogP contribution >= 0.6 is 0 Å². The number of nitrogens with two attached hydrogens (primary N) is 1. The van der Waals surface area contributed by atoms with Crippen LogP contribution in [0.5, 0.6) is 0 Å². The molecule has 0 unspecified atom stereocenters. The quantitative estimate of drug-likeness (QED) is 0.678. The summed E-state index contributed by atoms with van der Waals surface area (Å²) in [5.41, 5.74) is 8.43. The van der Waals surface area contributed by atoms with Crippen molar-refractivity contribution in [2.24, 2.45) is 16.6 Å². The Balaban J connectivity index is 1.87. The van der Waals surface area contributed by atoms with Gasteiger partial charge in [-0.3, -0.25) is 0 Å². The van der Waals surface area contributed by atoms with Crippen LogP contribution in [0.3, 0.4) is 0 Å². The highest BCUT2D eigenvalue weighted by atomic mass is 16.5. The van der Waals surface area contributed by atoms with Gasteiger partial charge >= 0.3 is 0 Å². The fourth-order valence-corrected chi connectivity index (χ4v) is 2.42. The Morgan fingerprint density at radius 2 is 1.85 bits per heavy atom. The molecule has 1 aliphatic heterocycles. The molecule has 20 heavy (non-hydrogen) atoms. The number of hydrogen-bond acceptors (Lipinski definition) is 2. The topological polar surface area (TPSA) is 50.9 Å². The third-order valence-electron chi connectivity index (χ3n) is 3.87. The molecule has 1 fully saturated rings. The van der Waals surface area contributed by atoms with Crippen molar-refractivity contribution in [3.05, 3.63) is 35.4 Å². The molecule has 0 aliphatic carbocycles. The minimum atomic E-state index is 0.644. The van der Waals surface area contributed by atoms with Crippen LogP contribution in [0.25, 0.3) is 0 Å². The number of methoxy groups -OCH3 is 1. The van der Waals surface area contributed by atoms with Gasteiger partial charge in [0.2, 0.25) is 0 Å². The van der Waals surface area contributed by atoms with Crippen LogP contribution in [0.1, 0.15) is 30.9 Å². The van der Waals surface area contributed by atoms with Crippen LogP contribution in [0.2, 0.25) is 0 Å². The molecular weight excluding hydrogens is 250 g/mol. The van der Waals surface area contributed by atoms with E-state index in [1.165, 1.54) is 24.0 Å². The average Bonchev–Trinajstić information content (AvgIpc) is 2.47. The van der Waals surface area contributed by atoms with Crippen molar-refractivity contribution < 1.29 is 4.74 Å². The van der Waals surface area contributed by atoms with Gasteiger partial charge in [-0.2, -0.15) is 0 Å². The number of benzene rings is 1. The Kier molecular flexibility index (Phi) is 5.41. The molecular formula is C16H25N3O. The van der Waals surface area contributed by atoms with E-state index in [2.05, 4.69) is 41.1 Å². The average molecular weight is 275 g/mol. The summed E-state index contributed by atoms with van der Waals surface area (Å²) in [7, 11) is 1.71. The molecule has 2 rings (SSSR count). The summed E-state index contributed by atoms with van der Waals surface area (Å²) in [6.45, 7) is 5.65. The van der Waals surface area contributed by atoms with Gasteiger partial charge < -0.3 is 15.4 Å². The van der Waals surface area contributed by atoms with E-state index in [1.807, 2.05) is 0 Å². The van der Waals surface area contributed by atoms with Gasteiger partial charge in [-0.1, -0.05) is 31.2 Å². The largest absolute Gasteiger partial charge is 0.380 e. The van der Waals surface area contributed by atoms with E-state index < -0.39 is 0 Å². The van der Waals surface area contributed by atoms with Gasteiger partial charge in [0.25, 0.3) is 0 Å². The van der Waals surface area contributed by atoms with Crippen LogP contribution in [0, 0.1) is 5.92 Å². The smallest absolute Gasteiger partial charge is 0.191 e. The van der Waals surface area contributed by atoms with E-state index in [4.69, 9.17) is 10.5 Å². The van der Waals surface area contributed by atoms with Crippen LogP contribution in [-0.2, 0) is 17.9 Å². The number of aliphatic imine (C=N–C) groups is 1. The molecule has 4 heteroatoms.